The van der Waals surface area contributed by atoms with Crippen LogP contribution in [-0.4, -0.2) is 41.1 Å². The van der Waals surface area contributed by atoms with Crippen LogP contribution in [0.2, 0.25) is 0 Å². The lowest BCUT2D eigenvalue weighted by Gasteiger charge is -2.21. The molecule has 0 radical (unpaired) electrons. The number of rotatable bonds is 9. The number of hydrogen-bond donors (Lipinski definition) is 3. The van der Waals surface area contributed by atoms with Crippen molar-refractivity contribution in [2.24, 2.45) is 5.92 Å². The predicted octanol–water partition coefficient (Wildman–Crippen LogP) is 3.21. The van der Waals surface area contributed by atoms with Gasteiger partial charge in [-0.05, 0) is 43.0 Å². The zero-order valence-electron chi connectivity index (χ0n) is 16.6. The van der Waals surface area contributed by atoms with Crippen LogP contribution in [0.3, 0.4) is 0 Å². The summed E-state index contributed by atoms with van der Waals surface area (Å²) < 4.78 is 6.74. The Labute approximate surface area is 165 Å². The standard InChI is InChI=1S/C20H29N5O3/c1-4-28-20(27)24-18(11-15(2)3)13-21-19(26)23-17-8-5-7-16(12-17)14-25-10-6-9-22-25/h5-10,12,15,18H,4,11,13-14H2,1-3H3,(H,24,27)(H2,21,23,26). The van der Waals surface area contributed by atoms with E-state index >= 15 is 0 Å². The van der Waals surface area contributed by atoms with E-state index in [1.807, 2.05) is 41.2 Å². The highest BCUT2D eigenvalue weighted by Gasteiger charge is 2.16. The summed E-state index contributed by atoms with van der Waals surface area (Å²) in [4.78, 5) is 23.9. The van der Waals surface area contributed by atoms with E-state index in [1.54, 1.807) is 13.1 Å². The first-order chi connectivity index (χ1) is 13.5. The number of carbonyl (C=O) groups excluding carboxylic acids is 2. The van der Waals surface area contributed by atoms with Gasteiger partial charge < -0.3 is 20.7 Å². The molecule has 1 unspecified atom stereocenters. The maximum Gasteiger partial charge on any atom is 0.407 e. The highest BCUT2D eigenvalue weighted by atomic mass is 16.5. The van der Waals surface area contributed by atoms with Crippen LogP contribution in [-0.2, 0) is 11.3 Å². The summed E-state index contributed by atoms with van der Waals surface area (Å²) in [7, 11) is 0. The summed E-state index contributed by atoms with van der Waals surface area (Å²) in [6.45, 7) is 7.13. The van der Waals surface area contributed by atoms with Crippen molar-refractivity contribution in [1.82, 2.24) is 20.4 Å². The lowest BCUT2D eigenvalue weighted by atomic mass is 10.0. The van der Waals surface area contributed by atoms with Gasteiger partial charge in [0.2, 0.25) is 0 Å². The number of nitrogens with zero attached hydrogens (tertiary/aromatic N) is 2. The smallest absolute Gasteiger partial charge is 0.407 e. The minimum atomic E-state index is -0.471. The Kier molecular flexibility index (Phi) is 8.33. The lowest BCUT2D eigenvalue weighted by molar-refractivity contribution is 0.146. The van der Waals surface area contributed by atoms with Gasteiger partial charge in [0, 0.05) is 30.7 Å². The number of amides is 3. The van der Waals surface area contributed by atoms with Crippen LogP contribution in [0, 0.1) is 5.92 Å². The van der Waals surface area contributed by atoms with Gasteiger partial charge in [-0.1, -0.05) is 26.0 Å². The number of aromatic nitrogens is 2. The largest absolute Gasteiger partial charge is 0.450 e. The molecule has 152 valence electrons. The molecule has 28 heavy (non-hydrogen) atoms. The monoisotopic (exact) mass is 387 g/mol. The number of anilines is 1. The van der Waals surface area contributed by atoms with E-state index in [0.29, 0.717) is 31.3 Å². The lowest BCUT2D eigenvalue weighted by Crippen LogP contribution is -2.45. The molecular formula is C20H29N5O3. The SMILES string of the molecule is CCOC(=O)NC(CNC(=O)Nc1cccc(Cn2cccn2)c1)CC(C)C. The molecule has 0 spiro atoms. The maximum atomic E-state index is 12.3. The van der Waals surface area contributed by atoms with Gasteiger partial charge in [-0.15, -0.1) is 0 Å². The number of benzene rings is 1. The number of nitrogens with one attached hydrogen (secondary N) is 3. The molecule has 8 nitrogen and oxygen atoms in total. The zero-order valence-corrected chi connectivity index (χ0v) is 16.6. The van der Waals surface area contributed by atoms with E-state index in [1.165, 1.54) is 0 Å². The number of carbonyl (C=O) groups is 2. The summed E-state index contributed by atoms with van der Waals surface area (Å²) >= 11 is 0. The Morgan fingerprint density at radius 1 is 1.25 bits per heavy atom. The molecule has 0 saturated heterocycles. The average Bonchev–Trinajstić information content (AvgIpc) is 3.13. The van der Waals surface area contributed by atoms with E-state index in [4.69, 9.17) is 4.74 Å². The van der Waals surface area contributed by atoms with Crippen LogP contribution in [0.25, 0.3) is 0 Å². The van der Waals surface area contributed by atoms with Crippen LogP contribution in [0.15, 0.2) is 42.7 Å². The molecule has 3 N–H and O–H groups in total. The van der Waals surface area contributed by atoms with Gasteiger partial charge in [-0.25, -0.2) is 9.59 Å². The average molecular weight is 387 g/mol. The Hall–Kier alpha value is -3.03. The maximum absolute atomic E-state index is 12.3. The molecule has 1 heterocycles. The first-order valence-corrected chi connectivity index (χ1v) is 9.50. The fraction of sp³-hybridized carbons (Fsp3) is 0.450. The van der Waals surface area contributed by atoms with Gasteiger partial charge in [-0.3, -0.25) is 4.68 Å². The summed E-state index contributed by atoms with van der Waals surface area (Å²) in [5.74, 6) is 0.371. The molecule has 1 atom stereocenters. The number of alkyl carbamates (subject to hydrolysis) is 1. The highest BCUT2D eigenvalue weighted by Crippen LogP contribution is 2.12. The van der Waals surface area contributed by atoms with Crippen molar-refractivity contribution in [3.05, 3.63) is 48.3 Å². The molecule has 3 amide bonds. The summed E-state index contributed by atoms with van der Waals surface area (Å²) in [6, 6.07) is 8.95. The van der Waals surface area contributed by atoms with Crippen LogP contribution < -0.4 is 16.0 Å². The van der Waals surface area contributed by atoms with Crippen molar-refractivity contribution < 1.29 is 14.3 Å². The summed E-state index contributed by atoms with van der Waals surface area (Å²) in [5, 5.41) is 12.6. The third-order valence-electron chi connectivity index (χ3n) is 3.95. The first-order valence-electron chi connectivity index (χ1n) is 9.50. The van der Waals surface area contributed by atoms with Crippen molar-refractivity contribution >= 4 is 17.8 Å². The molecule has 0 bridgehead atoms. The van der Waals surface area contributed by atoms with Gasteiger partial charge in [0.1, 0.15) is 0 Å². The van der Waals surface area contributed by atoms with Crippen molar-refractivity contribution in [1.29, 1.82) is 0 Å². The van der Waals surface area contributed by atoms with E-state index in [0.717, 1.165) is 12.0 Å². The fourth-order valence-corrected chi connectivity index (χ4v) is 2.82. The predicted molar refractivity (Wildman–Crippen MR) is 108 cm³/mol. The molecule has 1 aromatic carbocycles. The van der Waals surface area contributed by atoms with Crippen molar-refractivity contribution in [3.63, 3.8) is 0 Å². The quantitative estimate of drug-likeness (QED) is 0.615. The Morgan fingerprint density at radius 2 is 2.07 bits per heavy atom. The molecule has 8 heteroatoms. The molecular weight excluding hydrogens is 358 g/mol. The van der Waals surface area contributed by atoms with E-state index < -0.39 is 6.09 Å². The van der Waals surface area contributed by atoms with E-state index in [9.17, 15) is 9.59 Å². The molecule has 0 aliphatic carbocycles. The number of hydrogen-bond acceptors (Lipinski definition) is 4. The minimum absolute atomic E-state index is 0.198. The second-order valence-corrected chi connectivity index (χ2v) is 6.93. The normalized spacial score (nSPS) is 11.7. The third kappa shape index (κ3) is 7.69. The molecule has 1 aromatic heterocycles. The molecule has 2 aromatic rings. The van der Waals surface area contributed by atoms with Crippen LogP contribution in [0.5, 0.6) is 0 Å². The van der Waals surface area contributed by atoms with Crippen molar-refractivity contribution in [2.75, 3.05) is 18.5 Å². The second-order valence-electron chi connectivity index (χ2n) is 6.93. The topological polar surface area (TPSA) is 97.3 Å². The zero-order chi connectivity index (χ0) is 20.4. The third-order valence-corrected chi connectivity index (χ3v) is 3.95. The minimum Gasteiger partial charge on any atom is -0.450 e. The van der Waals surface area contributed by atoms with Crippen LogP contribution in [0.1, 0.15) is 32.8 Å². The molecule has 0 aliphatic rings. The molecule has 2 rings (SSSR count). The number of urea groups is 1. The highest BCUT2D eigenvalue weighted by molar-refractivity contribution is 5.89. The van der Waals surface area contributed by atoms with Gasteiger partial charge in [0.25, 0.3) is 0 Å². The van der Waals surface area contributed by atoms with Gasteiger partial charge in [-0.2, -0.15) is 5.10 Å². The van der Waals surface area contributed by atoms with Gasteiger partial charge in [0.05, 0.1) is 13.2 Å². The second kappa shape index (κ2) is 11.0. The van der Waals surface area contributed by atoms with E-state index in [-0.39, 0.29) is 12.1 Å². The first kappa shape index (κ1) is 21.3. The molecule has 0 fully saturated rings. The van der Waals surface area contributed by atoms with Crippen LogP contribution >= 0.6 is 0 Å². The molecule has 0 saturated carbocycles. The van der Waals surface area contributed by atoms with Crippen molar-refractivity contribution in [2.45, 2.75) is 39.8 Å². The Morgan fingerprint density at radius 3 is 2.75 bits per heavy atom. The van der Waals surface area contributed by atoms with Crippen molar-refractivity contribution in [3.8, 4) is 0 Å². The van der Waals surface area contributed by atoms with Gasteiger partial charge in [0.15, 0.2) is 0 Å². The summed E-state index contributed by atoms with van der Waals surface area (Å²) in [5.41, 5.74) is 1.73. The summed E-state index contributed by atoms with van der Waals surface area (Å²) in [6.07, 6.45) is 3.88. The van der Waals surface area contributed by atoms with E-state index in [2.05, 4.69) is 34.9 Å². The van der Waals surface area contributed by atoms with Crippen LogP contribution in [0.4, 0.5) is 15.3 Å². The van der Waals surface area contributed by atoms with Gasteiger partial charge >= 0.3 is 12.1 Å². The molecule has 0 aliphatic heterocycles. The Balaban J connectivity index is 1.86. The Bertz CT molecular complexity index is 746. The number of ether oxygens (including phenoxy) is 1. The fourth-order valence-electron chi connectivity index (χ4n) is 2.82.